The molecule has 1 heterocycles. The molecule has 2 amide bonds. The molecule has 118 valence electrons. The van der Waals surface area contributed by atoms with E-state index in [1.54, 1.807) is 42.5 Å². The lowest BCUT2D eigenvalue weighted by Gasteiger charge is -2.25. The number of nitrogens with one attached hydrogen (secondary N) is 2. The fourth-order valence-electron chi connectivity index (χ4n) is 2.02. The van der Waals surface area contributed by atoms with Gasteiger partial charge in [0.1, 0.15) is 6.61 Å². The van der Waals surface area contributed by atoms with Crippen LogP contribution in [0.15, 0.2) is 53.0 Å². The van der Waals surface area contributed by atoms with Crippen molar-refractivity contribution < 1.29 is 19.1 Å². The zero-order valence-corrected chi connectivity index (χ0v) is 13.5. The van der Waals surface area contributed by atoms with E-state index in [2.05, 4.69) is 26.8 Å². The summed E-state index contributed by atoms with van der Waals surface area (Å²) in [4.78, 5) is 24.0. The molecule has 0 radical (unpaired) electrons. The first-order valence-corrected chi connectivity index (χ1v) is 7.67. The van der Waals surface area contributed by atoms with Crippen molar-refractivity contribution in [3.05, 3.63) is 58.6 Å². The van der Waals surface area contributed by atoms with Gasteiger partial charge in [-0.05, 0) is 36.4 Å². The Morgan fingerprint density at radius 1 is 1.00 bits per heavy atom. The molecule has 0 saturated carbocycles. The summed E-state index contributed by atoms with van der Waals surface area (Å²) in [5.41, 5.74) is 5.12. The van der Waals surface area contributed by atoms with Crippen LogP contribution in [0.5, 0.6) is 11.5 Å². The van der Waals surface area contributed by atoms with Crippen LogP contribution in [0.2, 0.25) is 0 Å². The molecule has 3 rings (SSSR count). The van der Waals surface area contributed by atoms with Gasteiger partial charge in [0.05, 0.1) is 0 Å². The smallest absolute Gasteiger partial charge is 0.283 e. The van der Waals surface area contributed by atoms with Crippen LogP contribution in [0.3, 0.4) is 0 Å². The van der Waals surface area contributed by atoms with Crippen molar-refractivity contribution >= 4 is 27.7 Å². The Balaban J connectivity index is 1.56. The molecule has 1 aliphatic rings. The molecule has 0 spiro atoms. The Bertz CT molecular complexity index is 733. The normalized spacial score (nSPS) is 15.6. The molecular formula is C16H13BrN2O4. The van der Waals surface area contributed by atoms with E-state index in [0.717, 1.165) is 4.47 Å². The number of carbonyl (C=O) groups excluding carboxylic acids is 2. The third-order valence-corrected chi connectivity index (χ3v) is 3.74. The molecule has 23 heavy (non-hydrogen) atoms. The van der Waals surface area contributed by atoms with Gasteiger partial charge >= 0.3 is 0 Å². The number of carbonyl (C=O) groups is 2. The second kappa shape index (κ2) is 6.70. The molecular weight excluding hydrogens is 364 g/mol. The standard InChI is InChI=1S/C16H13BrN2O4/c17-11-7-5-10(6-8-11)15(20)18-19-16(21)14-9-22-12-3-1-2-4-13(12)23-14/h1-8,14H,9H2,(H,18,20)(H,19,21)/t14-/m0/s1. The van der Waals surface area contributed by atoms with Crippen molar-refractivity contribution in [1.82, 2.24) is 10.9 Å². The molecule has 2 aromatic carbocycles. The molecule has 0 aromatic heterocycles. The van der Waals surface area contributed by atoms with Crippen LogP contribution >= 0.6 is 15.9 Å². The van der Waals surface area contributed by atoms with Crippen LogP contribution in [-0.4, -0.2) is 24.5 Å². The summed E-state index contributed by atoms with van der Waals surface area (Å²) < 4.78 is 11.9. The van der Waals surface area contributed by atoms with Gasteiger partial charge in [0, 0.05) is 10.0 Å². The van der Waals surface area contributed by atoms with E-state index in [0.29, 0.717) is 17.1 Å². The average molecular weight is 377 g/mol. The summed E-state index contributed by atoms with van der Waals surface area (Å²) in [5.74, 6) is 0.196. The van der Waals surface area contributed by atoms with Gasteiger partial charge in [-0.2, -0.15) is 0 Å². The lowest BCUT2D eigenvalue weighted by atomic mass is 10.2. The Morgan fingerprint density at radius 2 is 1.70 bits per heavy atom. The molecule has 2 N–H and O–H groups in total. The molecule has 0 bridgehead atoms. The third kappa shape index (κ3) is 3.62. The second-order valence-corrected chi connectivity index (χ2v) is 5.73. The van der Waals surface area contributed by atoms with Gasteiger partial charge in [0.2, 0.25) is 6.10 Å². The number of ether oxygens (including phenoxy) is 2. The fraction of sp³-hybridized carbons (Fsp3) is 0.125. The molecule has 0 aliphatic carbocycles. The monoisotopic (exact) mass is 376 g/mol. The number of hydrogen-bond acceptors (Lipinski definition) is 4. The van der Waals surface area contributed by atoms with Gasteiger partial charge in [-0.15, -0.1) is 0 Å². The molecule has 0 fully saturated rings. The van der Waals surface area contributed by atoms with Gasteiger partial charge < -0.3 is 9.47 Å². The molecule has 6 nitrogen and oxygen atoms in total. The van der Waals surface area contributed by atoms with E-state index in [4.69, 9.17) is 9.47 Å². The van der Waals surface area contributed by atoms with E-state index in [9.17, 15) is 9.59 Å². The number of halogens is 1. The first kappa shape index (κ1) is 15.4. The third-order valence-electron chi connectivity index (χ3n) is 3.21. The van der Waals surface area contributed by atoms with Crippen LogP contribution < -0.4 is 20.3 Å². The summed E-state index contributed by atoms with van der Waals surface area (Å²) in [5, 5.41) is 0. The number of hydrogen-bond donors (Lipinski definition) is 2. The van der Waals surface area contributed by atoms with Gasteiger partial charge in [-0.1, -0.05) is 28.1 Å². The first-order chi connectivity index (χ1) is 11.1. The molecule has 2 aromatic rings. The minimum absolute atomic E-state index is 0.0804. The number of hydrazine groups is 1. The second-order valence-electron chi connectivity index (χ2n) is 4.81. The van der Waals surface area contributed by atoms with Crippen LogP contribution in [0, 0.1) is 0 Å². The van der Waals surface area contributed by atoms with E-state index in [-0.39, 0.29) is 6.61 Å². The van der Waals surface area contributed by atoms with Gasteiger partial charge in [0.15, 0.2) is 11.5 Å². The van der Waals surface area contributed by atoms with E-state index in [1.165, 1.54) is 0 Å². The molecule has 0 unspecified atom stereocenters. The van der Waals surface area contributed by atoms with Crippen molar-refractivity contribution in [2.45, 2.75) is 6.10 Å². The number of fused-ring (bicyclic) bond motifs is 1. The minimum atomic E-state index is -0.824. The summed E-state index contributed by atoms with van der Waals surface area (Å²) in [6, 6.07) is 13.9. The number of benzene rings is 2. The number of amides is 2. The minimum Gasteiger partial charge on any atom is -0.485 e. The molecule has 1 atom stereocenters. The van der Waals surface area contributed by atoms with Crippen molar-refractivity contribution in [2.75, 3.05) is 6.61 Å². The Labute approximate surface area is 140 Å². The fourth-order valence-corrected chi connectivity index (χ4v) is 2.29. The topological polar surface area (TPSA) is 76.7 Å². The quantitative estimate of drug-likeness (QED) is 0.786. The highest BCUT2D eigenvalue weighted by Crippen LogP contribution is 2.30. The maximum Gasteiger partial charge on any atom is 0.283 e. The van der Waals surface area contributed by atoms with Gasteiger partial charge in [-0.3, -0.25) is 20.4 Å². The van der Waals surface area contributed by atoms with Crippen LogP contribution in [0.4, 0.5) is 0 Å². The van der Waals surface area contributed by atoms with E-state index in [1.807, 2.05) is 6.07 Å². The lowest BCUT2D eigenvalue weighted by Crippen LogP contribution is -2.50. The zero-order chi connectivity index (χ0) is 16.2. The predicted octanol–water partition coefficient (Wildman–Crippen LogP) is 2.05. The van der Waals surface area contributed by atoms with Crippen LogP contribution in [0.25, 0.3) is 0 Å². The Kier molecular flexibility index (Phi) is 4.47. The average Bonchev–Trinajstić information content (AvgIpc) is 2.59. The molecule has 7 heteroatoms. The highest BCUT2D eigenvalue weighted by Gasteiger charge is 2.27. The maximum atomic E-state index is 12.1. The summed E-state index contributed by atoms with van der Waals surface area (Å²) in [7, 11) is 0. The van der Waals surface area contributed by atoms with Crippen LogP contribution in [0.1, 0.15) is 10.4 Å². The highest BCUT2D eigenvalue weighted by molar-refractivity contribution is 9.10. The molecule has 1 aliphatic heterocycles. The van der Waals surface area contributed by atoms with E-state index < -0.39 is 17.9 Å². The van der Waals surface area contributed by atoms with Crippen molar-refractivity contribution in [2.24, 2.45) is 0 Å². The summed E-state index contributed by atoms with van der Waals surface area (Å²) in [6.45, 7) is 0.0804. The van der Waals surface area contributed by atoms with E-state index >= 15 is 0 Å². The van der Waals surface area contributed by atoms with Gasteiger partial charge in [0.25, 0.3) is 11.8 Å². The highest BCUT2D eigenvalue weighted by atomic mass is 79.9. The van der Waals surface area contributed by atoms with Crippen molar-refractivity contribution in [3.63, 3.8) is 0 Å². The largest absolute Gasteiger partial charge is 0.485 e. The Hall–Kier alpha value is -2.54. The SMILES string of the molecule is O=C(NNC(=O)[C@@H]1COc2ccccc2O1)c1ccc(Br)cc1. The Morgan fingerprint density at radius 3 is 2.43 bits per heavy atom. The molecule has 0 saturated heterocycles. The lowest BCUT2D eigenvalue weighted by molar-refractivity contribution is -0.131. The number of rotatable bonds is 2. The van der Waals surface area contributed by atoms with Crippen molar-refractivity contribution in [3.8, 4) is 11.5 Å². The first-order valence-electron chi connectivity index (χ1n) is 6.88. The summed E-state index contributed by atoms with van der Waals surface area (Å²) >= 11 is 3.29. The van der Waals surface area contributed by atoms with Crippen LogP contribution in [-0.2, 0) is 4.79 Å². The maximum absolute atomic E-state index is 12.1. The number of para-hydroxylation sites is 2. The predicted molar refractivity (Wildman–Crippen MR) is 86.1 cm³/mol. The van der Waals surface area contributed by atoms with Gasteiger partial charge in [-0.25, -0.2) is 0 Å². The summed E-state index contributed by atoms with van der Waals surface area (Å²) in [6.07, 6.45) is -0.824. The van der Waals surface area contributed by atoms with Crippen molar-refractivity contribution in [1.29, 1.82) is 0 Å². The zero-order valence-electron chi connectivity index (χ0n) is 11.9.